The second-order valence-corrected chi connectivity index (χ2v) is 4.74. The fourth-order valence-corrected chi connectivity index (χ4v) is 1.91. The van der Waals surface area contributed by atoms with Crippen molar-refractivity contribution in [1.82, 2.24) is 9.97 Å². The molecule has 1 heterocycles. The van der Waals surface area contributed by atoms with Crippen LogP contribution in [-0.4, -0.2) is 23.1 Å². The Labute approximate surface area is 117 Å². The molecule has 0 aliphatic carbocycles. The van der Waals surface area contributed by atoms with Crippen molar-refractivity contribution < 1.29 is 4.74 Å². The van der Waals surface area contributed by atoms with E-state index < -0.39 is 0 Å². The van der Waals surface area contributed by atoms with E-state index in [9.17, 15) is 0 Å². The standard InChI is InChI=1S/C15H27N3O/c1-4-7-8-11-19-15-13(9-5-2)14(16-10-6-3)17-12-18-15/h12H,4-11H2,1-3H3,(H,16,17,18). The van der Waals surface area contributed by atoms with Gasteiger partial charge < -0.3 is 10.1 Å². The van der Waals surface area contributed by atoms with E-state index in [0.29, 0.717) is 0 Å². The maximum atomic E-state index is 5.82. The second-order valence-electron chi connectivity index (χ2n) is 4.74. The van der Waals surface area contributed by atoms with Crippen LogP contribution in [0.4, 0.5) is 5.82 Å². The van der Waals surface area contributed by atoms with E-state index in [0.717, 1.165) is 56.1 Å². The zero-order valence-corrected chi connectivity index (χ0v) is 12.5. The molecule has 108 valence electrons. The summed E-state index contributed by atoms with van der Waals surface area (Å²) in [7, 11) is 0. The van der Waals surface area contributed by atoms with Gasteiger partial charge in [0.15, 0.2) is 0 Å². The van der Waals surface area contributed by atoms with Crippen molar-refractivity contribution in [2.45, 2.75) is 59.3 Å². The first-order valence-electron chi connectivity index (χ1n) is 7.53. The monoisotopic (exact) mass is 265 g/mol. The van der Waals surface area contributed by atoms with Gasteiger partial charge in [-0.3, -0.25) is 0 Å². The van der Waals surface area contributed by atoms with Crippen molar-refractivity contribution in [1.29, 1.82) is 0 Å². The third-order valence-corrected chi connectivity index (χ3v) is 2.93. The highest BCUT2D eigenvalue weighted by Gasteiger charge is 2.11. The number of hydrogen-bond donors (Lipinski definition) is 1. The molecule has 0 spiro atoms. The molecule has 4 heteroatoms. The summed E-state index contributed by atoms with van der Waals surface area (Å²) >= 11 is 0. The van der Waals surface area contributed by atoms with Crippen LogP contribution in [0.1, 0.15) is 58.4 Å². The van der Waals surface area contributed by atoms with Gasteiger partial charge in [0.2, 0.25) is 5.88 Å². The van der Waals surface area contributed by atoms with Crippen LogP contribution in [0.5, 0.6) is 5.88 Å². The minimum absolute atomic E-state index is 0.745. The Balaban J connectivity index is 2.71. The number of nitrogens with one attached hydrogen (secondary N) is 1. The molecular weight excluding hydrogens is 238 g/mol. The Hall–Kier alpha value is -1.32. The molecule has 0 fully saturated rings. The van der Waals surface area contributed by atoms with Crippen molar-refractivity contribution in [2.24, 2.45) is 0 Å². The number of nitrogens with zero attached hydrogens (tertiary/aromatic N) is 2. The Bertz CT molecular complexity index is 355. The fourth-order valence-electron chi connectivity index (χ4n) is 1.91. The lowest BCUT2D eigenvalue weighted by atomic mass is 10.1. The van der Waals surface area contributed by atoms with Gasteiger partial charge in [0.1, 0.15) is 12.1 Å². The molecule has 0 saturated heterocycles. The lowest BCUT2D eigenvalue weighted by Gasteiger charge is -2.14. The lowest BCUT2D eigenvalue weighted by Crippen LogP contribution is -2.09. The molecule has 0 unspecified atom stereocenters. The van der Waals surface area contributed by atoms with E-state index >= 15 is 0 Å². The van der Waals surface area contributed by atoms with Gasteiger partial charge in [-0.25, -0.2) is 9.97 Å². The van der Waals surface area contributed by atoms with Gasteiger partial charge in [-0.2, -0.15) is 0 Å². The molecule has 0 amide bonds. The van der Waals surface area contributed by atoms with Gasteiger partial charge in [-0.15, -0.1) is 0 Å². The molecule has 0 bridgehead atoms. The minimum Gasteiger partial charge on any atom is -0.477 e. The van der Waals surface area contributed by atoms with Crippen molar-refractivity contribution in [3.8, 4) is 5.88 Å². The van der Waals surface area contributed by atoms with E-state index in [1.807, 2.05) is 0 Å². The predicted octanol–water partition coefficient (Wildman–Crippen LogP) is 3.82. The summed E-state index contributed by atoms with van der Waals surface area (Å²) in [5.74, 6) is 1.69. The van der Waals surface area contributed by atoms with Crippen molar-refractivity contribution in [3.63, 3.8) is 0 Å². The Morgan fingerprint density at radius 2 is 1.89 bits per heavy atom. The van der Waals surface area contributed by atoms with Crippen LogP contribution < -0.4 is 10.1 Å². The predicted molar refractivity (Wildman–Crippen MR) is 79.8 cm³/mol. The van der Waals surface area contributed by atoms with Crippen LogP contribution in [0, 0.1) is 0 Å². The maximum absolute atomic E-state index is 5.82. The Morgan fingerprint density at radius 3 is 2.58 bits per heavy atom. The molecule has 0 aliphatic heterocycles. The van der Waals surface area contributed by atoms with Crippen LogP contribution in [0.3, 0.4) is 0 Å². The number of unbranched alkanes of at least 4 members (excludes halogenated alkanes) is 2. The molecule has 1 aromatic heterocycles. The first-order valence-corrected chi connectivity index (χ1v) is 7.53. The Morgan fingerprint density at radius 1 is 1.05 bits per heavy atom. The van der Waals surface area contributed by atoms with Gasteiger partial charge in [0.25, 0.3) is 0 Å². The third kappa shape index (κ3) is 5.45. The largest absolute Gasteiger partial charge is 0.477 e. The number of hydrogen-bond acceptors (Lipinski definition) is 4. The van der Waals surface area contributed by atoms with Crippen LogP contribution in [0.15, 0.2) is 6.33 Å². The Kier molecular flexibility index (Phi) is 7.94. The summed E-state index contributed by atoms with van der Waals surface area (Å²) in [5.41, 5.74) is 1.12. The molecule has 0 radical (unpaired) electrons. The molecule has 1 rings (SSSR count). The SMILES string of the molecule is CCCCCOc1ncnc(NCCC)c1CCC. The summed E-state index contributed by atoms with van der Waals surface area (Å²) in [6.07, 6.45) is 8.20. The first kappa shape index (κ1) is 15.7. The van der Waals surface area contributed by atoms with Gasteiger partial charge >= 0.3 is 0 Å². The molecule has 1 N–H and O–H groups in total. The quantitative estimate of drug-likeness (QED) is 0.653. The van der Waals surface area contributed by atoms with E-state index in [-0.39, 0.29) is 0 Å². The highest BCUT2D eigenvalue weighted by Crippen LogP contribution is 2.23. The van der Waals surface area contributed by atoms with E-state index in [1.54, 1.807) is 6.33 Å². The normalized spacial score (nSPS) is 10.5. The van der Waals surface area contributed by atoms with Gasteiger partial charge in [0, 0.05) is 6.54 Å². The first-order chi connectivity index (χ1) is 9.33. The molecule has 0 saturated carbocycles. The number of ether oxygens (including phenoxy) is 1. The topological polar surface area (TPSA) is 47.0 Å². The van der Waals surface area contributed by atoms with Crippen LogP contribution in [0.2, 0.25) is 0 Å². The van der Waals surface area contributed by atoms with E-state index in [2.05, 4.69) is 36.1 Å². The average molecular weight is 265 g/mol. The summed E-state index contributed by atoms with van der Waals surface area (Å²) in [6, 6.07) is 0. The third-order valence-electron chi connectivity index (χ3n) is 2.93. The van der Waals surface area contributed by atoms with Gasteiger partial charge in [-0.05, 0) is 19.3 Å². The fraction of sp³-hybridized carbons (Fsp3) is 0.733. The van der Waals surface area contributed by atoms with Crippen LogP contribution in [0.25, 0.3) is 0 Å². The summed E-state index contributed by atoms with van der Waals surface area (Å²) in [4.78, 5) is 8.63. The molecule has 0 atom stereocenters. The van der Waals surface area contributed by atoms with E-state index in [1.165, 1.54) is 12.8 Å². The van der Waals surface area contributed by atoms with Crippen molar-refractivity contribution >= 4 is 5.82 Å². The van der Waals surface area contributed by atoms with Gasteiger partial charge in [0.05, 0.1) is 12.2 Å². The summed E-state index contributed by atoms with van der Waals surface area (Å²) in [5, 5.41) is 3.36. The molecule has 0 aliphatic rings. The number of anilines is 1. The van der Waals surface area contributed by atoms with Crippen molar-refractivity contribution in [2.75, 3.05) is 18.5 Å². The molecule has 19 heavy (non-hydrogen) atoms. The molecular formula is C15H27N3O. The number of rotatable bonds is 10. The molecule has 4 nitrogen and oxygen atoms in total. The minimum atomic E-state index is 0.745. The molecule has 0 aromatic carbocycles. The molecule has 1 aromatic rings. The van der Waals surface area contributed by atoms with Crippen LogP contribution in [-0.2, 0) is 6.42 Å². The van der Waals surface area contributed by atoms with E-state index in [4.69, 9.17) is 4.74 Å². The maximum Gasteiger partial charge on any atom is 0.221 e. The van der Waals surface area contributed by atoms with Crippen molar-refractivity contribution in [3.05, 3.63) is 11.9 Å². The highest BCUT2D eigenvalue weighted by atomic mass is 16.5. The van der Waals surface area contributed by atoms with Gasteiger partial charge in [-0.1, -0.05) is 40.0 Å². The number of aromatic nitrogens is 2. The second kappa shape index (κ2) is 9.59. The van der Waals surface area contributed by atoms with Crippen LogP contribution >= 0.6 is 0 Å². The average Bonchev–Trinajstić information content (AvgIpc) is 2.43. The zero-order chi connectivity index (χ0) is 13.9. The zero-order valence-electron chi connectivity index (χ0n) is 12.5. The smallest absolute Gasteiger partial charge is 0.221 e. The lowest BCUT2D eigenvalue weighted by molar-refractivity contribution is 0.291. The summed E-state index contributed by atoms with van der Waals surface area (Å²) in [6.45, 7) is 8.19. The highest BCUT2D eigenvalue weighted by molar-refractivity contribution is 5.48. The summed E-state index contributed by atoms with van der Waals surface area (Å²) < 4.78 is 5.82.